The van der Waals surface area contributed by atoms with Crippen molar-refractivity contribution >= 4 is 19.4 Å². The largest absolute Gasteiger partial charge is 0.0622 e. The van der Waals surface area contributed by atoms with Crippen molar-refractivity contribution in [3.8, 4) is 22.3 Å². The number of rotatable bonds is 5. The Morgan fingerprint density at radius 2 is 0.875 bits per heavy atom. The topological polar surface area (TPSA) is 0 Å². The molecule has 0 aromatic heterocycles. The fraction of sp³-hybridized carbons (Fsp3) is 0.0323. The monoisotopic (exact) mass is 477 g/mol. The molecule has 0 aliphatic rings. The van der Waals surface area contributed by atoms with Crippen molar-refractivity contribution in [3.63, 3.8) is 0 Å². The molecule has 1 radical (unpaired) electrons. The molecule has 1 heteroatoms. The first kappa shape index (κ1) is 21.8. The van der Waals surface area contributed by atoms with Crippen LogP contribution in [0.1, 0.15) is 5.56 Å². The normalized spacial score (nSPS) is 10.1. The molecule has 0 N–H and O–H groups in total. The fourth-order valence-electron chi connectivity index (χ4n) is 3.33. The van der Waals surface area contributed by atoms with Crippen LogP contribution in [0.5, 0.6) is 0 Å². The van der Waals surface area contributed by atoms with Gasteiger partial charge in [-0.15, -0.1) is 0 Å². The van der Waals surface area contributed by atoms with E-state index in [0.717, 1.165) is 5.32 Å². The standard InChI is InChI=1S/C19H15Se.C12H10/c1-3-7-16(8-4-1)15-20-19-13-11-18(12-14-19)17-9-5-2-6-10-17;1-3-7-11(8-4-1)12-9-5-2-6-10-12/h1,3-14H,15H2;1-10H. The van der Waals surface area contributed by atoms with E-state index < -0.39 is 0 Å². The molecule has 0 nitrogen and oxygen atoms in total. The van der Waals surface area contributed by atoms with Crippen molar-refractivity contribution in [2.75, 3.05) is 0 Å². The Labute approximate surface area is 197 Å². The van der Waals surface area contributed by atoms with Gasteiger partial charge in [-0.2, -0.15) is 0 Å². The second-order valence-electron chi connectivity index (χ2n) is 7.32. The Hall–Kier alpha value is -3.38. The van der Waals surface area contributed by atoms with Gasteiger partial charge in [-0.25, -0.2) is 0 Å². The predicted octanol–water partition coefficient (Wildman–Crippen LogP) is 7.04. The molecule has 155 valence electrons. The van der Waals surface area contributed by atoms with Gasteiger partial charge in [0.15, 0.2) is 0 Å². The van der Waals surface area contributed by atoms with Crippen molar-refractivity contribution in [1.29, 1.82) is 0 Å². The second kappa shape index (κ2) is 11.9. The first-order valence-corrected chi connectivity index (χ1v) is 12.8. The average molecular weight is 477 g/mol. The maximum Gasteiger partial charge on any atom is -0.0184 e. The Morgan fingerprint density at radius 1 is 0.438 bits per heavy atom. The minimum Gasteiger partial charge on any atom is -0.0622 e. The maximum atomic E-state index is 3.06. The summed E-state index contributed by atoms with van der Waals surface area (Å²) in [5.74, 6) is 0. The average Bonchev–Trinajstić information content (AvgIpc) is 2.90. The van der Waals surface area contributed by atoms with E-state index in [1.54, 1.807) is 0 Å². The zero-order chi connectivity index (χ0) is 21.8. The molecule has 32 heavy (non-hydrogen) atoms. The summed E-state index contributed by atoms with van der Waals surface area (Å²) in [6, 6.07) is 51.6. The molecule has 0 aliphatic heterocycles. The van der Waals surface area contributed by atoms with Crippen molar-refractivity contribution in [3.05, 3.63) is 151 Å². The summed E-state index contributed by atoms with van der Waals surface area (Å²) >= 11 is 0.504. The smallest absolute Gasteiger partial charge is 0.0184 e. The number of hydrogen-bond acceptors (Lipinski definition) is 0. The van der Waals surface area contributed by atoms with E-state index in [9.17, 15) is 0 Å². The van der Waals surface area contributed by atoms with Crippen LogP contribution in [0.3, 0.4) is 0 Å². The summed E-state index contributed by atoms with van der Waals surface area (Å²) in [5.41, 5.74) is 6.51. The van der Waals surface area contributed by atoms with Crippen molar-refractivity contribution in [2.45, 2.75) is 5.32 Å². The maximum absolute atomic E-state index is 3.06. The van der Waals surface area contributed by atoms with Gasteiger partial charge in [0.2, 0.25) is 0 Å². The summed E-state index contributed by atoms with van der Waals surface area (Å²) in [7, 11) is 0. The molecule has 0 saturated heterocycles. The SMILES string of the molecule is [c]1ccc(-c2ccc([Se]Cc3ccccc3)cc2)cc1.c1ccc(-c2ccccc2)cc1. The Kier molecular flexibility index (Phi) is 8.09. The van der Waals surface area contributed by atoms with Crippen LogP contribution in [-0.4, -0.2) is 15.0 Å². The van der Waals surface area contributed by atoms with E-state index in [1.165, 1.54) is 32.3 Å². The van der Waals surface area contributed by atoms with E-state index in [2.05, 4.69) is 121 Å². The third kappa shape index (κ3) is 6.56. The van der Waals surface area contributed by atoms with Crippen LogP contribution in [0.25, 0.3) is 22.3 Å². The third-order valence-electron chi connectivity index (χ3n) is 5.04. The zero-order valence-corrected chi connectivity index (χ0v) is 19.6. The molecule has 5 aromatic carbocycles. The molecule has 0 amide bonds. The van der Waals surface area contributed by atoms with Crippen LogP contribution < -0.4 is 4.46 Å². The van der Waals surface area contributed by atoms with Crippen LogP contribution in [0.15, 0.2) is 140 Å². The molecule has 0 bridgehead atoms. The molecular formula is C31H25Se. The van der Waals surface area contributed by atoms with Gasteiger partial charge in [0.05, 0.1) is 0 Å². The molecule has 0 fully saturated rings. The molecular weight excluding hydrogens is 451 g/mol. The summed E-state index contributed by atoms with van der Waals surface area (Å²) in [5, 5.41) is 1.16. The van der Waals surface area contributed by atoms with Crippen molar-refractivity contribution < 1.29 is 0 Å². The molecule has 5 rings (SSSR count). The Morgan fingerprint density at radius 3 is 1.41 bits per heavy atom. The predicted molar refractivity (Wildman–Crippen MR) is 138 cm³/mol. The van der Waals surface area contributed by atoms with Gasteiger partial charge in [-0.05, 0) is 11.1 Å². The summed E-state index contributed by atoms with van der Waals surface area (Å²) in [4.78, 5) is 0. The minimum absolute atomic E-state index is 0.504. The van der Waals surface area contributed by atoms with Gasteiger partial charge >= 0.3 is 126 Å². The summed E-state index contributed by atoms with van der Waals surface area (Å²) in [6.07, 6.45) is 0. The molecule has 0 saturated carbocycles. The number of hydrogen-bond donors (Lipinski definition) is 0. The summed E-state index contributed by atoms with van der Waals surface area (Å²) in [6.45, 7) is 0. The van der Waals surface area contributed by atoms with Crippen LogP contribution in [0.4, 0.5) is 0 Å². The Balaban J connectivity index is 0.000000174. The van der Waals surface area contributed by atoms with E-state index in [0.29, 0.717) is 15.0 Å². The quantitative estimate of drug-likeness (QED) is 0.239. The van der Waals surface area contributed by atoms with E-state index >= 15 is 0 Å². The third-order valence-corrected chi connectivity index (χ3v) is 7.31. The van der Waals surface area contributed by atoms with Gasteiger partial charge in [0.25, 0.3) is 0 Å². The van der Waals surface area contributed by atoms with Crippen LogP contribution in [-0.2, 0) is 5.32 Å². The second-order valence-corrected chi connectivity index (χ2v) is 9.52. The summed E-state index contributed by atoms with van der Waals surface area (Å²) < 4.78 is 1.45. The van der Waals surface area contributed by atoms with Crippen LogP contribution in [0, 0.1) is 6.07 Å². The first-order valence-electron chi connectivity index (χ1n) is 10.7. The zero-order valence-electron chi connectivity index (χ0n) is 17.9. The molecule has 0 aliphatic carbocycles. The number of benzene rings is 5. The minimum atomic E-state index is 0.504. The molecule has 0 atom stereocenters. The van der Waals surface area contributed by atoms with Gasteiger partial charge in [0, 0.05) is 0 Å². The van der Waals surface area contributed by atoms with Gasteiger partial charge in [-0.3, -0.25) is 0 Å². The van der Waals surface area contributed by atoms with Gasteiger partial charge in [-0.1, -0.05) is 60.7 Å². The molecule has 0 heterocycles. The Bertz CT molecular complexity index is 1130. The van der Waals surface area contributed by atoms with E-state index in [1.807, 2.05) is 24.3 Å². The van der Waals surface area contributed by atoms with E-state index in [4.69, 9.17) is 0 Å². The van der Waals surface area contributed by atoms with Gasteiger partial charge in [0.1, 0.15) is 0 Å². The fourth-order valence-corrected chi connectivity index (χ4v) is 5.12. The van der Waals surface area contributed by atoms with Crippen LogP contribution in [0.2, 0.25) is 0 Å². The van der Waals surface area contributed by atoms with Crippen molar-refractivity contribution in [1.82, 2.24) is 0 Å². The molecule has 5 aromatic rings. The first-order chi connectivity index (χ1) is 15.9. The van der Waals surface area contributed by atoms with Crippen molar-refractivity contribution in [2.24, 2.45) is 0 Å². The van der Waals surface area contributed by atoms with E-state index in [-0.39, 0.29) is 0 Å². The molecule has 0 spiro atoms. The molecule has 0 unspecified atom stereocenters. The van der Waals surface area contributed by atoms with Gasteiger partial charge < -0.3 is 0 Å². The van der Waals surface area contributed by atoms with Crippen LogP contribution >= 0.6 is 0 Å².